The van der Waals surface area contributed by atoms with Gasteiger partial charge in [0.05, 0.1) is 33.1 Å². The van der Waals surface area contributed by atoms with Crippen molar-refractivity contribution in [3.05, 3.63) is 44.1 Å². The monoisotopic (exact) mass is 486 g/mol. The number of benzene rings is 1. The predicted octanol–water partition coefficient (Wildman–Crippen LogP) is 2.47. The van der Waals surface area contributed by atoms with Gasteiger partial charge in [-0.3, -0.25) is 19.1 Å². The number of hydrogen-bond donors (Lipinski definition) is 2. The van der Waals surface area contributed by atoms with Crippen molar-refractivity contribution in [2.24, 2.45) is 5.10 Å². The summed E-state index contributed by atoms with van der Waals surface area (Å²) in [5.74, 6) is 0.391. The summed E-state index contributed by atoms with van der Waals surface area (Å²) in [5.41, 5.74) is -0.714. The molecule has 2 heterocycles. The van der Waals surface area contributed by atoms with E-state index in [1.165, 1.54) is 37.8 Å². The summed E-state index contributed by atoms with van der Waals surface area (Å²) in [5, 5.41) is 16.7. The topological polar surface area (TPSA) is 135 Å². The molecule has 2 aromatic rings. The number of amides is 1. The number of hydrazone groups is 1. The Bertz CT molecular complexity index is 1270. The molecule has 1 amide bonds. The van der Waals surface area contributed by atoms with Crippen molar-refractivity contribution in [1.29, 1.82) is 0 Å². The highest BCUT2D eigenvalue weighted by atomic mass is 16.5. The molecule has 1 aromatic carbocycles. The van der Waals surface area contributed by atoms with Crippen LogP contribution >= 0.6 is 0 Å². The summed E-state index contributed by atoms with van der Waals surface area (Å²) in [6.07, 6.45) is 4.52. The number of aromatic hydroxyl groups is 1. The van der Waals surface area contributed by atoms with Crippen molar-refractivity contribution in [3.63, 3.8) is 0 Å². The van der Waals surface area contributed by atoms with Crippen LogP contribution in [0.15, 0.2) is 26.8 Å². The third-order valence-corrected chi connectivity index (χ3v) is 6.67. The predicted molar refractivity (Wildman–Crippen MR) is 128 cm³/mol. The molecule has 1 fully saturated rings. The van der Waals surface area contributed by atoms with E-state index in [4.69, 9.17) is 14.2 Å². The zero-order valence-electron chi connectivity index (χ0n) is 20.3. The molecule has 2 aliphatic rings. The maximum atomic E-state index is 12.8. The largest absolute Gasteiger partial charge is 0.494 e. The molecule has 4 rings (SSSR count). The first-order valence-corrected chi connectivity index (χ1v) is 11.6. The second-order valence-corrected chi connectivity index (χ2v) is 8.67. The molecule has 1 saturated carbocycles. The Balaban J connectivity index is 1.81. The van der Waals surface area contributed by atoms with Crippen molar-refractivity contribution < 1.29 is 24.1 Å². The second kappa shape index (κ2) is 9.85. The van der Waals surface area contributed by atoms with Gasteiger partial charge in [0.1, 0.15) is 5.56 Å². The lowest BCUT2D eigenvalue weighted by molar-refractivity contribution is -0.130. The lowest BCUT2D eigenvalue weighted by atomic mass is 9.94. The molecule has 11 heteroatoms. The fourth-order valence-corrected chi connectivity index (χ4v) is 5.06. The van der Waals surface area contributed by atoms with Gasteiger partial charge in [-0.25, -0.2) is 9.80 Å². The zero-order valence-corrected chi connectivity index (χ0v) is 20.3. The van der Waals surface area contributed by atoms with E-state index >= 15 is 0 Å². The van der Waals surface area contributed by atoms with E-state index in [-0.39, 0.29) is 29.6 Å². The van der Waals surface area contributed by atoms with E-state index < -0.39 is 23.2 Å². The number of hydrogen-bond acceptors (Lipinski definition) is 8. The summed E-state index contributed by atoms with van der Waals surface area (Å²) in [7, 11) is 4.47. The van der Waals surface area contributed by atoms with Crippen LogP contribution in [0.2, 0.25) is 0 Å². The van der Waals surface area contributed by atoms with Gasteiger partial charge < -0.3 is 19.3 Å². The van der Waals surface area contributed by atoms with Gasteiger partial charge >= 0.3 is 5.69 Å². The van der Waals surface area contributed by atoms with E-state index in [2.05, 4.69) is 10.1 Å². The van der Waals surface area contributed by atoms with E-state index in [9.17, 15) is 19.5 Å². The molecule has 0 unspecified atom stereocenters. The number of carbonyl (C=O) groups is 1. The van der Waals surface area contributed by atoms with Crippen LogP contribution in [0.1, 0.15) is 68.7 Å². The first-order valence-electron chi connectivity index (χ1n) is 11.6. The highest BCUT2D eigenvalue weighted by Crippen LogP contribution is 2.46. The number of aromatic amines is 1. The van der Waals surface area contributed by atoms with Crippen LogP contribution < -0.4 is 25.5 Å². The van der Waals surface area contributed by atoms with Gasteiger partial charge in [0.15, 0.2) is 11.5 Å². The molecule has 11 nitrogen and oxygen atoms in total. The molecule has 0 saturated heterocycles. The molecular weight excluding hydrogens is 456 g/mol. The van der Waals surface area contributed by atoms with Crippen molar-refractivity contribution in [1.82, 2.24) is 14.6 Å². The molecule has 0 bridgehead atoms. The van der Waals surface area contributed by atoms with Crippen molar-refractivity contribution in [3.8, 4) is 23.1 Å². The minimum Gasteiger partial charge on any atom is -0.494 e. The van der Waals surface area contributed by atoms with Crippen LogP contribution in [0, 0.1) is 0 Å². The lowest BCUT2D eigenvalue weighted by Crippen LogP contribution is -2.36. The van der Waals surface area contributed by atoms with Crippen LogP contribution in [-0.4, -0.2) is 52.6 Å². The molecule has 1 atom stereocenters. The fraction of sp³-hybridized carbons (Fsp3) is 0.500. The van der Waals surface area contributed by atoms with Crippen LogP contribution in [0.4, 0.5) is 0 Å². The Labute approximate surface area is 201 Å². The number of ether oxygens (including phenoxy) is 3. The average Bonchev–Trinajstić information content (AvgIpc) is 3.28. The third-order valence-electron chi connectivity index (χ3n) is 6.67. The number of carbonyl (C=O) groups excluding carboxylic acids is 1. The number of nitrogens with zero attached hydrogens (tertiary/aromatic N) is 3. The van der Waals surface area contributed by atoms with Crippen molar-refractivity contribution in [2.75, 3.05) is 21.3 Å². The number of rotatable bonds is 6. The van der Waals surface area contributed by atoms with Crippen LogP contribution in [0.5, 0.6) is 23.1 Å². The average molecular weight is 487 g/mol. The molecule has 1 aromatic heterocycles. The van der Waals surface area contributed by atoms with Gasteiger partial charge in [-0.1, -0.05) is 19.3 Å². The first-order chi connectivity index (χ1) is 16.8. The molecule has 1 aliphatic heterocycles. The van der Waals surface area contributed by atoms with Gasteiger partial charge in [0.2, 0.25) is 17.5 Å². The number of methoxy groups -OCH3 is 3. The van der Waals surface area contributed by atoms with Gasteiger partial charge in [-0.2, -0.15) is 5.10 Å². The summed E-state index contributed by atoms with van der Waals surface area (Å²) in [6.45, 7) is 1.36. The first kappa shape index (κ1) is 24.4. The van der Waals surface area contributed by atoms with E-state index in [0.717, 1.165) is 32.1 Å². The Hall–Kier alpha value is -3.76. The Kier molecular flexibility index (Phi) is 6.86. The molecular formula is C24H30N4O7. The molecule has 0 spiro atoms. The highest BCUT2D eigenvalue weighted by molar-refractivity contribution is 6.04. The maximum absolute atomic E-state index is 12.8. The quantitative estimate of drug-likeness (QED) is 0.640. The van der Waals surface area contributed by atoms with E-state index in [0.29, 0.717) is 22.8 Å². The van der Waals surface area contributed by atoms with Crippen LogP contribution in [0.25, 0.3) is 0 Å². The molecule has 0 radical (unpaired) electrons. The summed E-state index contributed by atoms with van der Waals surface area (Å²) < 4.78 is 17.7. The number of H-pyrrole nitrogens is 1. The van der Waals surface area contributed by atoms with Gasteiger partial charge in [-0.05, 0) is 25.0 Å². The molecule has 2 N–H and O–H groups in total. The van der Waals surface area contributed by atoms with Crippen LogP contribution in [0.3, 0.4) is 0 Å². The second-order valence-electron chi connectivity index (χ2n) is 8.67. The smallest absolute Gasteiger partial charge is 0.331 e. The normalized spacial score (nSPS) is 18.3. The van der Waals surface area contributed by atoms with Crippen molar-refractivity contribution in [2.45, 2.75) is 57.5 Å². The maximum Gasteiger partial charge on any atom is 0.331 e. The number of aromatic nitrogens is 2. The van der Waals surface area contributed by atoms with Gasteiger partial charge in [0, 0.05) is 24.9 Å². The zero-order chi connectivity index (χ0) is 25.3. The molecule has 1 aliphatic carbocycles. The van der Waals surface area contributed by atoms with Crippen LogP contribution in [-0.2, 0) is 4.79 Å². The standard InChI is InChI=1S/C24H30N4O7/c1-13(29)28-17(15-10-11-18(33-2)21(35-4)20(15)34-3)12-16(26-28)19-22(30)25-24(32)27(23(19)31)14-8-6-5-7-9-14/h10-11,14,17,31H,5-9,12H2,1-4H3,(H,25,30,32)/t17-/m0/s1. The minimum absolute atomic E-state index is 0.108. The lowest BCUT2D eigenvalue weighted by Gasteiger charge is -2.25. The van der Waals surface area contributed by atoms with E-state index in [1.807, 2.05) is 0 Å². The van der Waals surface area contributed by atoms with Gasteiger partial charge in [0.25, 0.3) is 5.56 Å². The Morgan fingerprint density at radius 2 is 1.74 bits per heavy atom. The Morgan fingerprint density at radius 1 is 1.06 bits per heavy atom. The van der Waals surface area contributed by atoms with E-state index in [1.54, 1.807) is 12.1 Å². The Morgan fingerprint density at radius 3 is 2.34 bits per heavy atom. The summed E-state index contributed by atoms with van der Waals surface area (Å²) in [4.78, 5) is 40.3. The van der Waals surface area contributed by atoms with Crippen molar-refractivity contribution >= 4 is 11.6 Å². The third kappa shape index (κ3) is 4.26. The highest BCUT2D eigenvalue weighted by Gasteiger charge is 2.37. The fourth-order valence-electron chi connectivity index (χ4n) is 5.06. The van der Waals surface area contributed by atoms with Gasteiger partial charge in [-0.15, -0.1) is 0 Å². The summed E-state index contributed by atoms with van der Waals surface area (Å²) >= 11 is 0. The minimum atomic E-state index is -0.748. The molecule has 188 valence electrons. The number of nitrogens with one attached hydrogen (secondary N) is 1. The SMILES string of the molecule is COc1ccc([C@@H]2CC(c3c(O)n(C4CCCCC4)c(=O)[nH]c3=O)=NN2C(C)=O)c(OC)c1OC. The summed E-state index contributed by atoms with van der Waals surface area (Å²) in [6, 6.07) is 2.60. The molecule has 35 heavy (non-hydrogen) atoms.